The number of H-pyrrole nitrogens is 1. The van der Waals surface area contributed by atoms with Crippen LogP contribution < -0.4 is 5.56 Å². The van der Waals surface area contributed by atoms with Crippen LogP contribution in [0.25, 0.3) is 0 Å². The first-order chi connectivity index (χ1) is 10.6. The number of aromatic amines is 1. The molecule has 1 aromatic heterocycles. The van der Waals surface area contributed by atoms with Gasteiger partial charge in [0.2, 0.25) is 0 Å². The van der Waals surface area contributed by atoms with Crippen LogP contribution in [0, 0.1) is 13.8 Å². The third-order valence-corrected chi connectivity index (χ3v) is 4.35. The maximum absolute atomic E-state index is 12.8. The van der Waals surface area contributed by atoms with Gasteiger partial charge in [0.15, 0.2) is 0 Å². The van der Waals surface area contributed by atoms with Gasteiger partial charge in [0, 0.05) is 12.2 Å². The van der Waals surface area contributed by atoms with Crippen LogP contribution in [0.3, 0.4) is 0 Å². The molecule has 2 heterocycles. The second-order valence-electron chi connectivity index (χ2n) is 5.90. The van der Waals surface area contributed by atoms with Crippen molar-refractivity contribution in [3.8, 4) is 0 Å². The first-order valence-corrected chi connectivity index (χ1v) is 7.64. The summed E-state index contributed by atoms with van der Waals surface area (Å²) in [6, 6.07) is 11.6. The number of likely N-dealkylation sites (tertiary alicyclic amines) is 1. The van der Waals surface area contributed by atoms with Crippen LogP contribution in [0.2, 0.25) is 0 Å². The molecule has 1 atom stereocenters. The minimum atomic E-state index is -0.305. The first-order valence-electron chi connectivity index (χ1n) is 7.64. The molecule has 2 aromatic rings. The van der Waals surface area contributed by atoms with Gasteiger partial charge in [0.05, 0.1) is 6.04 Å². The molecule has 0 saturated carbocycles. The molecule has 22 heavy (non-hydrogen) atoms. The Labute approximate surface area is 129 Å². The van der Waals surface area contributed by atoms with Crippen LogP contribution in [-0.2, 0) is 0 Å². The lowest BCUT2D eigenvalue weighted by Crippen LogP contribution is -2.34. The standard InChI is InChI=1S/C18H20N2O2/c1-12-6-3-4-7-14(12)16-8-5-11-20(16)18(22)15-10-9-13(2)19-17(15)21/h3-4,6-7,9-10,16H,5,8,11H2,1-2H3,(H,19,21)/t16-/m1/s1. The van der Waals surface area contributed by atoms with Crippen LogP contribution in [0.4, 0.5) is 0 Å². The Bertz CT molecular complexity index is 764. The van der Waals surface area contributed by atoms with Crippen molar-refractivity contribution in [1.82, 2.24) is 9.88 Å². The number of nitrogens with one attached hydrogen (secondary N) is 1. The van der Waals surface area contributed by atoms with Gasteiger partial charge < -0.3 is 9.88 Å². The van der Waals surface area contributed by atoms with Crippen molar-refractivity contribution in [2.45, 2.75) is 32.7 Å². The number of pyridine rings is 1. The molecule has 1 aromatic carbocycles. The Morgan fingerprint density at radius 1 is 1.18 bits per heavy atom. The van der Waals surface area contributed by atoms with Crippen molar-refractivity contribution in [3.63, 3.8) is 0 Å². The van der Waals surface area contributed by atoms with E-state index >= 15 is 0 Å². The van der Waals surface area contributed by atoms with Crippen LogP contribution >= 0.6 is 0 Å². The summed E-state index contributed by atoms with van der Waals surface area (Å²) in [5.41, 5.74) is 3.05. The van der Waals surface area contributed by atoms with Crippen molar-refractivity contribution in [1.29, 1.82) is 0 Å². The van der Waals surface area contributed by atoms with Crippen molar-refractivity contribution in [2.75, 3.05) is 6.54 Å². The highest BCUT2D eigenvalue weighted by molar-refractivity contribution is 5.94. The SMILES string of the molecule is Cc1ccc(C(=O)N2CCC[C@@H]2c2ccccc2C)c(=O)[nH]1. The van der Waals surface area contributed by atoms with Crippen molar-refractivity contribution in [2.24, 2.45) is 0 Å². The zero-order chi connectivity index (χ0) is 15.7. The van der Waals surface area contributed by atoms with E-state index in [-0.39, 0.29) is 23.1 Å². The van der Waals surface area contributed by atoms with Gasteiger partial charge in [0.1, 0.15) is 5.56 Å². The van der Waals surface area contributed by atoms with Gasteiger partial charge in [-0.3, -0.25) is 9.59 Å². The van der Waals surface area contributed by atoms with E-state index in [0.29, 0.717) is 6.54 Å². The second-order valence-corrected chi connectivity index (χ2v) is 5.90. The zero-order valence-corrected chi connectivity index (χ0v) is 12.9. The highest BCUT2D eigenvalue weighted by Gasteiger charge is 2.32. The molecule has 0 unspecified atom stereocenters. The first kappa shape index (κ1) is 14.6. The number of amides is 1. The van der Waals surface area contributed by atoms with Gasteiger partial charge >= 0.3 is 0 Å². The van der Waals surface area contributed by atoms with E-state index in [1.807, 2.05) is 24.0 Å². The number of benzene rings is 1. The van der Waals surface area contributed by atoms with E-state index < -0.39 is 0 Å². The number of carbonyl (C=O) groups excluding carboxylic acids is 1. The molecule has 3 rings (SSSR count). The number of nitrogens with zero attached hydrogens (tertiary/aromatic N) is 1. The number of rotatable bonds is 2. The quantitative estimate of drug-likeness (QED) is 0.926. The Morgan fingerprint density at radius 2 is 1.95 bits per heavy atom. The molecule has 0 spiro atoms. The largest absolute Gasteiger partial charge is 0.331 e. The lowest BCUT2D eigenvalue weighted by Gasteiger charge is -2.26. The van der Waals surface area contributed by atoms with Gasteiger partial charge in [-0.15, -0.1) is 0 Å². The second kappa shape index (κ2) is 5.79. The lowest BCUT2D eigenvalue weighted by atomic mass is 9.99. The average molecular weight is 296 g/mol. The highest BCUT2D eigenvalue weighted by Crippen LogP contribution is 2.34. The van der Waals surface area contributed by atoms with Crippen LogP contribution in [0.5, 0.6) is 0 Å². The van der Waals surface area contributed by atoms with Gasteiger partial charge in [-0.1, -0.05) is 24.3 Å². The topological polar surface area (TPSA) is 53.2 Å². The Kier molecular flexibility index (Phi) is 3.84. The summed E-state index contributed by atoms with van der Waals surface area (Å²) in [5.74, 6) is -0.174. The molecule has 1 N–H and O–H groups in total. The average Bonchev–Trinajstić information content (AvgIpc) is 2.96. The Balaban J connectivity index is 1.95. The molecule has 1 saturated heterocycles. The fourth-order valence-electron chi connectivity index (χ4n) is 3.19. The number of hydrogen-bond donors (Lipinski definition) is 1. The maximum Gasteiger partial charge on any atom is 0.260 e. The smallest absolute Gasteiger partial charge is 0.260 e. The summed E-state index contributed by atoms with van der Waals surface area (Å²) < 4.78 is 0. The molecule has 4 nitrogen and oxygen atoms in total. The molecule has 0 aliphatic carbocycles. The molecule has 4 heteroatoms. The van der Waals surface area contributed by atoms with Crippen LogP contribution in [0.15, 0.2) is 41.2 Å². The molecule has 0 bridgehead atoms. The summed E-state index contributed by atoms with van der Waals surface area (Å²) in [4.78, 5) is 29.4. The minimum absolute atomic E-state index is 0.0643. The highest BCUT2D eigenvalue weighted by atomic mass is 16.2. The fraction of sp³-hybridized carbons (Fsp3) is 0.333. The Morgan fingerprint density at radius 3 is 2.68 bits per heavy atom. The number of aromatic nitrogens is 1. The molecule has 1 aliphatic heterocycles. The third-order valence-electron chi connectivity index (χ3n) is 4.35. The molecule has 0 radical (unpaired) electrons. The van der Waals surface area contributed by atoms with Crippen LogP contribution in [0.1, 0.15) is 46.1 Å². The predicted molar refractivity (Wildman–Crippen MR) is 86.0 cm³/mol. The van der Waals surface area contributed by atoms with Crippen molar-refractivity contribution in [3.05, 3.63) is 69.1 Å². The molecule has 114 valence electrons. The summed E-state index contributed by atoms with van der Waals surface area (Å²) >= 11 is 0. The van der Waals surface area contributed by atoms with Crippen molar-refractivity contribution >= 4 is 5.91 Å². The zero-order valence-electron chi connectivity index (χ0n) is 12.9. The van der Waals surface area contributed by atoms with Gasteiger partial charge in [-0.2, -0.15) is 0 Å². The molecular formula is C18H20N2O2. The van der Waals surface area contributed by atoms with Crippen LogP contribution in [-0.4, -0.2) is 22.3 Å². The summed E-state index contributed by atoms with van der Waals surface area (Å²) in [7, 11) is 0. The van der Waals surface area contributed by atoms with E-state index in [4.69, 9.17) is 0 Å². The minimum Gasteiger partial charge on any atom is -0.331 e. The number of hydrogen-bond acceptors (Lipinski definition) is 2. The maximum atomic E-state index is 12.8. The lowest BCUT2D eigenvalue weighted by molar-refractivity contribution is 0.0733. The summed E-state index contributed by atoms with van der Waals surface area (Å²) in [5, 5.41) is 0. The normalized spacial score (nSPS) is 17.7. The van der Waals surface area contributed by atoms with E-state index in [2.05, 4.69) is 24.0 Å². The molecule has 1 fully saturated rings. The third kappa shape index (κ3) is 2.56. The number of carbonyl (C=O) groups is 1. The monoisotopic (exact) mass is 296 g/mol. The summed E-state index contributed by atoms with van der Waals surface area (Å²) in [6.45, 7) is 4.57. The van der Waals surface area contributed by atoms with Gasteiger partial charge in [-0.25, -0.2) is 0 Å². The van der Waals surface area contributed by atoms with Gasteiger partial charge in [0.25, 0.3) is 11.5 Å². The van der Waals surface area contributed by atoms with E-state index in [9.17, 15) is 9.59 Å². The van der Waals surface area contributed by atoms with E-state index in [0.717, 1.165) is 18.5 Å². The molecular weight excluding hydrogens is 276 g/mol. The Hall–Kier alpha value is -2.36. The fourth-order valence-corrected chi connectivity index (χ4v) is 3.19. The van der Waals surface area contributed by atoms with Crippen molar-refractivity contribution < 1.29 is 4.79 Å². The predicted octanol–water partition coefficient (Wildman–Crippen LogP) is 2.97. The van der Waals surface area contributed by atoms with Gasteiger partial charge in [-0.05, 0) is 49.9 Å². The summed E-state index contributed by atoms with van der Waals surface area (Å²) in [6.07, 6.45) is 1.91. The number of aryl methyl sites for hydroxylation is 2. The molecule has 1 aliphatic rings. The van der Waals surface area contributed by atoms with E-state index in [1.165, 1.54) is 11.1 Å². The van der Waals surface area contributed by atoms with E-state index in [1.54, 1.807) is 12.1 Å². The molecule has 1 amide bonds.